The normalized spacial score (nSPS) is 34.6. The Kier molecular flexibility index (Phi) is 2.78. The lowest BCUT2D eigenvalue weighted by molar-refractivity contribution is -0.0529. The zero-order valence-corrected chi connectivity index (χ0v) is 11.1. The highest BCUT2D eigenvalue weighted by atomic mass is 32.2. The van der Waals surface area contributed by atoms with Crippen LogP contribution in [0.2, 0.25) is 0 Å². The van der Waals surface area contributed by atoms with E-state index in [-0.39, 0.29) is 28.9 Å². The van der Waals surface area contributed by atoms with Gasteiger partial charge in [-0.1, -0.05) is 20.8 Å². The SMILES string of the molecule is CC1C2CC(C=C2OS(=O)(=O)C(F)(F)F)C1(C)C. The molecule has 0 aromatic rings. The summed E-state index contributed by atoms with van der Waals surface area (Å²) >= 11 is 0. The van der Waals surface area contributed by atoms with E-state index in [9.17, 15) is 21.6 Å². The zero-order valence-electron chi connectivity index (χ0n) is 10.3. The highest BCUT2D eigenvalue weighted by molar-refractivity contribution is 7.87. The maximum absolute atomic E-state index is 12.2. The second-order valence-corrected chi connectivity index (χ2v) is 7.15. The van der Waals surface area contributed by atoms with Gasteiger partial charge in [0, 0.05) is 5.92 Å². The van der Waals surface area contributed by atoms with Crippen molar-refractivity contribution in [2.24, 2.45) is 23.2 Å². The molecule has 3 atom stereocenters. The Bertz CT molecular complexity index is 490. The Balaban J connectivity index is 2.24. The summed E-state index contributed by atoms with van der Waals surface area (Å²) < 4.78 is 62.9. The molecule has 0 spiro atoms. The van der Waals surface area contributed by atoms with Gasteiger partial charge in [0.15, 0.2) is 0 Å². The maximum Gasteiger partial charge on any atom is 0.534 e. The van der Waals surface area contributed by atoms with Gasteiger partial charge in [-0.2, -0.15) is 21.6 Å². The minimum atomic E-state index is -5.53. The molecule has 1 fully saturated rings. The highest BCUT2D eigenvalue weighted by Crippen LogP contribution is 2.58. The molecule has 0 radical (unpaired) electrons. The molecule has 0 saturated heterocycles. The number of alkyl halides is 3. The molecule has 0 heterocycles. The Morgan fingerprint density at radius 2 is 1.94 bits per heavy atom. The number of rotatable bonds is 2. The van der Waals surface area contributed by atoms with Gasteiger partial charge in [-0.05, 0) is 29.7 Å². The van der Waals surface area contributed by atoms with Crippen LogP contribution >= 0.6 is 0 Å². The van der Waals surface area contributed by atoms with Gasteiger partial charge in [-0.3, -0.25) is 0 Å². The van der Waals surface area contributed by atoms with E-state index in [1.165, 1.54) is 6.08 Å². The van der Waals surface area contributed by atoms with Crippen molar-refractivity contribution in [3.8, 4) is 0 Å². The monoisotopic (exact) mass is 284 g/mol. The molecule has 104 valence electrons. The van der Waals surface area contributed by atoms with Crippen LogP contribution in [0.15, 0.2) is 11.8 Å². The standard InChI is InChI=1S/C11H15F3O3S/c1-6-8-4-7(10(6,2)3)5-9(8)17-18(15,16)11(12,13)14/h5-8H,4H2,1-3H3. The third-order valence-corrected chi connectivity index (χ3v) is 5.44. The van der Waals surface area contributed by atoms with E-state index in [0.717, 1.165) is 0 Å². The fourth-order valence-electron chi connectivity index (χ4n) is 2.87. The molecule has 2 bridgehead atoms. The smallest absolute Gasteiger partial charge is 0.381 e. The molecule has 0 amide bonds. The van der Waals surface area contributed by atoms with Gasteiger partial charge in [-0.15, -0.1) is 0 Å². The summed E-state index contributed by atoms with van der Waals surface area (Å²) in [5.41, 5.74) is -5.39. The first-order valence-electron chi connectivity index (χ1n) is 5.69. The van der Waals surface area contributed by atoms with Gasteiger partial charge in [0.2, 0.25) is 0 Å². The lowest BCUT2D eigenvalue weighted by atomic mass is 9.72. The van der Waals surface area contributed by atoms with Crippen LogP contribution in [0.1, 0.15) is 27.2 Å². The van der Waals surface area contributed by atoms with E-state index in [1.807, 2.05) is 20.8 Å². The molecule has 0 aromatic heterocycles. The molecule has 0 aromatic carbocycles. The maximum atomic E-state index is 12.2. The number of fused-ring (bicyclic) bond motifs is 2. The quantitative estimate of drug-likeness (QED) is 0.578. The summed E-state index contributed by atoms with van der Waals surface area (Å²) in [7, 11) is -5.53. The number of halogens is 3. The summed E-state index contributed by atoms with van der Waals surface area (Å²) in [6.45, 7) is 5.99. The van der Waals surface area contributed by atoms with Crippen molar-refractivity contribution in [1.29, 1.82) is 0 Å². The molecular weight excluding hydrogens is 269 g/mol. The van der Waals surface area contributed by atoms with Gasteiger partial charge in [0.25, 0.3) is 0 Å². The Morgan fingerprint density at radius 1 is 1.39 bits per heavy atom. The third-order valence-electron chi connectivity index (χ3n) is 4.46. The molecule has 0 N–H and O–H groups in total. The van der Waals surface area contributed by atoms with Gasteiger partial charge >= 0.3 is 15.6 Å². The predicted octanol–water partition coefficient (Wildman–Crippen LogP) is 3.05. The largest absolute Gasteiger partial charge is 0.534 e. The van der Waals surface area contributed by atoms with Gasteiger partial charge in [-0.25, -0.2) is 0 Å². The second kappa shape index (κ2) is 3.65. The van der Waals surface area contributed by atoms with E-state index in [1.54, 1.807) is 0 Å². The van der Waals surface area contributed by atoms with Crippen molar-refractivity contribution in [2.45, 2.75) is 32.7 Å². The van der Waals surface area contributed by atoms with Crippen LogP contribution in [-0.4, -0.2) is 13.9 Å². The van der Waals surface area contributed by atoms with E-state index in [4.69, 9.17) is 0 Å². The first-order valence-corrected chi connectivity index (χ1v) is 7.10. The van der Waals surface area contributed by atoms with Gasteiger partial charge in [0.1, 0.15) is 5.76 Å². The first kappa shape index (κ1) is 13.7. The molecule has 2 rings (SSSR count). The summed E-state index contributed by atoms with van der Waals surface area (Å²) in [5.74, 6) is -0.0897. The number of hydrogen-bond donors (Lipinski definition) is 0. The van der Waals surface area contributed by atoms with Crippen LogP contribution in [0.3, 0.4) is 0 Å². The van der Waals surface area contributed by atoms with E-state index >= 15 is 0 Å². The first-order chi connectivity index (χ1) is 7.97. The second-order valence-electron chi connectivity index (χ2n) is 5.61. The summed E-state index contributed by atoms with van der Waals surface area (Å²) in [4.78, 5) is 0. The van der Waals surface area contributed by atoms with E-state index < -0.39 is 15.6 Å². The molecule has 1 saturated carbocycles. The van der Waals surface area contributed by atoms with Crippen LogP contribution in [0.5, 0.6) is 0 Å². The average molecular weight is 284 g/mol. The zero-order chi connectivity index (χ0) is 13.9. The van der Waals surface area contributed by atoms with Crippen molar-refractivity contribution in [1.82, 2.24) is 0 Å². The Morgan fingerprint density at radius 3 is 2.33 bits per heavy atom. The van der Waals surface area contributed by atoms with Crippen molar-refractivity contribution >= 4 is 10.1 Å². The minimum absolute atomic E-state index is 0.0283. The average Bonchev–Trinajstić information content (AvgIpc) is 2.65. The Hall–Kier alpha value is -0.720. The fourth-order valence-corrected chi connectivity index (χ4v) is 3.40. The minimum Gasteiger partial charge on any atom is -0.381 e. The highest BCUT2D eigenvalue weighted by Gasteiger charge is 2.55. The molecule has 3 unspecified atom stereocenters. The van der Waals surface area contributed by atoms with Crippen LogP contribution in [0.4, 0.5) is 13.2 Å². The lowest BCUT2D eigenvalue weighted by Gasteiger charge is -2.34. The molecule has 2 aliphatic carbocycles. The van der Waals surface area contributed by atoms with Crippen molar-refractivity contribution in [3.63, 3.8) is 0 Å². The van der Waals surface area contributed by atoms with Crippen molar-refractivity contribution < 1.29 is 25.8 Å². The molecular formula is C11H15F3O3S. The molecule has 7 heteroatoms. The van der Waals surface area contributed by atoms with Crippen molar-refractivity contribution in [2.75, 3.05) is 0 Å². The lowest BCUT2D eigenvalue weighted by Crippen LogP contribution is -2.31. The third kappa shape index (κ3) is 1.83. The predicted molar refractivity (Wildman–Crippen MR) is 58.7 cm³/mol. The van der Waals surface area contributed by atoms with Crippen molar-refractivity contribution in [3.05, 3.63) is 11.8 Å². The fraction of sp³-hybridized carbons (Fsp3) is 0.818. The molecule has 2 aliphatic rings. The van der Waals surface area contributed by atoms with Crippen LogP contribution in [0.25, 0.3) is 0 Å². The summed E-state index contributed by atoms with van der Waals surface area (Å²) in [6, 6.07) is 0. The topological polar surface area (TPSA) is 43.4 Å². The molecule has 18 heavy (non-hydrogen) atoms. The summed E-state index contributed by atoms with van der Waals surface area (Å²) in [6.07, 6.45) is 2.20. The van der Waals surface area contributed by atoms with Gasteiger partial charge in [0.05, 0.1) is 0 Å². The van der Waals surface area contributed by atoms with Crippen LogP contribution in [-0.2, 0) is 14.3 Å². The van der Waals surface area contributed by atoms with Crippen LogP contribution in [0, 0.1) is 23.2 Å². The van der Waals surface area contributed by atoms with E-state index in [0.29, 0.717) is 6.42 Å². The van der Waals surface area contributed by atoms with Gasteiger partial charge < -0.3 is 4.18 Å². The number of hydrogen-bond acceptors (Lipinski definition) is 3. The summed E-state index contributed by atoms with van der Waals surface area (Å²) in [5, 5.41) is 0. The number of allylic oxidation sites excluding steroid dienone is 2. The molecule has 3 nitrogen and oxygen atoms in total. The molecule has 0 aliphatic heterocycles. The van der Waals surface area contributed by atoms with E-state index in [2.05, 4.69) is 4.18 Å². The van der Waals surface area contributed by atoms with Crippen LogP contribution < -0.4 is 0 Å². The Labute approximate surface area is 104 Å².